The highest BCUT2D eigenvalue weighted by Crippen LogP contribution is 2.26. The van der Waals surface area contributed by atoms with Crippen LogP contribution in [0.4, 0.5) is 0 Å². The molecule has 0 bridgehead atoms. The second kappa shape index (κ2) is 5.93. The van der Waals surface area contributed by atoms with Crippen molar-refractivity contribution in [1.82, 2.24) is 5.32 Å². The average molecular weight is 277 g/mol. The van der Waals surface area contributed by atoms with E-state index in [1.165, 1.54) is 30.6 Å². The summed E-state index contributed by atoms with van der Waals surface area (Å²) in [6.45, 7) is 0. The molecule has 0 amide bonds. The molecule has 2 atom stereocenters. The van der Waals surface area contributed by atoms with Crippen molar-refractivity contribution >= 4 is 21.6 Å². The average Bonchev–Trinajstić information content (AvgIpc) is 2.29. The number of hydrogen-bond donors (Lipinski definition) is 1. The van der Waals surface area contributed by atoms with Crippen LogP contribution in [0.2, 0.25) is 0 Å². The molecule has 0 radical (unpaired) electrons. The Labute approximate surface area is 109 Å². The van der Waals surface area contributed by atoms with Crippen molar-refractivity contribution in [1.29, 1.82) is 0 Å². The normalized spacial score (nSPS) is 32.5. The van der Waals surface area contributed by atoms with Crippen molar-refractivity contribution in [2.75, 3.05) is 17.8 Å². The van der Waals surface area contributed by atoms with Crippen molar-refractivity contribution in [3.05, 3.63) is 0 Å². The second-order valence-electron chi connectivity index (χ2n) is 5.37. The number of nitrogens with one attached hydrogen (secondary N) is 1. The first-order valence-corrected chi connectivity index (χ1v) is 9.69. The van der Waals surface area contributed by atoms with Gasteiger partial charge in [0.25, 0.3) is 0 Å². The van der Waals surface area contributed by atoms with Crippen LogP contribution in [0.5, 0.6) is 0 Å². The molecule has 0 aromatic carbocycles. The number of thioether (sulfide) groups is 1. The predicted molar refractivity (Wildman–Crippen MR) is 74.4 cm³/mol. The van der Waals surface area contributed by atoms with E-state index in [0.717, 1.165) is 25.7 Å². The molecular weight excluding hydrogens is 254 g/mol. The maximum atomic E-state index is 11.6. The van der Waals surface area contributed by atoms with Crippen molar-refractivity contribution in [3.63, 3.8) is 0 Å². The van der Waals surface area contributed by atoms with Gasteiger partial charge >= 0.3 is 0 Å². The smallest absolute Gasteiger partial charge is 0.150 e. The first-order valence-electron chi connectivity index (χ1n) is 6.58. The fourth-order valence-electron chi connectivity index (χ4n) is 2.88. The van der Waals surface area contributed by atoms with Crippen LogP contribution < -0.4 is 5.32 Å². The Kier molecular flexibility index (Phi) is 4.78. The van der Waals surface area contributed by atoms with E-state index in [0.29, 0.717) is 12.1 Å². The predicted octanol–water partition coefficient (Wildman–Crippen LogP) is 1.83. The lowest BCUT2D eigenvalue weighted by Gasteiger charge is -2.33. The van der Waals surface area contributed by atoms with Gasteiger partial charge in [0.1, 0.15) is 9.84 Å². The molecule has 3 nitrogen and oxygen atoms in total. The molecule has 2 rings (SSSR count). The molecule has 1 N–H and O–H groups in total. The van der Waals surface area contributed by atoms with Crippen molar-refractivity contribution in [2.45, 2.75) is 55.9 Å². The Balaban J connectivity index is 1.84. The quantitative estimate of drug-likeness (QED) is 0.855. The van der Waals surface area contributed by atoms with Gasteiger partial charge in [-0.05, 0) is 43.6 Å². The number of sulfone groups is 1. The Bertz CT molecular complexity index is 336. The lowest BCUT2D eigenvalue weighted by atomic mass is 9.94. The Morgan fingerprint density at radius 2 is 1.76 bits per heavy atom. The summed E-state index contributed by atoms with van der Waals surface area (Å²) in [5.74, 6) is 2.50. The minimum Gasteiger partial charge on any atom is -0.311 e. The van der Waals surface area contributed by atoms with E-state index in [9.17, 15) is 8.42 Å². The van der Waals surface area contributed by atoms with Crippen molar-refractivity contribution < 1.29 is 8.42 Å². The number of hydrogen-bond acceptors (Lipinski definition) is 4. The molecule has 1 aliphatic carbocycles. The Morgan fingerprint density at radius 1 is 1.06 bits per heavy atom. The third-order valence-electron chi connectivity index (χ3n) is 3.92. The van der Waals surface area contributed by atoms with Gasteiger partial charge in [-0.15, -0.1) is 0 Å². The van der Waals surface area contributed by atoms with Crippen LogP contribution in [-0.4, -0.2) is 43.5 Å². The van der Waals surface area contributed by atoms with Crippen molar-refractivity contribution in [3.8, 4) is 0 Å². The monoisotopic (exact) mass is 277 g/mol. The molecule has 1 heterocycles. The van der Waals surface area contributed by atoms with E-state index < -0.39 is 9.84 Å². The van der Waals surface area contributed by atoms with Gasteiger partial charge in [-0.3, -0.25) is 0 Å². The summed E-state index contributed by atoms with van der Waals surface area (Å²) < 4.78 is 23.2. The highest BCUT2D eigenvalue weighted by Gasteiger charge is 2.30. The molecular formula is C12H23NO2S2. The molecule has 2 aliphatic rings. The molecule has 2 fully saturated rings. The first-order chi connectivity index (χ1) is 8.05. The first kappa shape index (κ1) is 13.7. The third kappa shape index (κ3) is 4.14. The lowest BCUT2D eigenvalue weighted by Crippen LogP contribution is -2.45. The number of rotatable bonds is 3. The maximum Gasteiger partial charge on any atom is 0.150 e. The van der Waals surface area contributed by atoms with Gasteiger partial charge in [0.2, 0.25) is 0 Å². The maximum absolute atomic E-state index is 11.6. The Hall–Kier alpha value is 0.260. The van der Waals surface area contributed by atoms with Crippen LogP contribution in [0.25, 0.3) is 0 Å². The largest absolute Gasteiger partial charge is 0.311 e. The minimum atomic E-state index is -2.84. The fraction of sp³-hybridized carbons (Fsp3) is 1.00. The highest BCUT2D eigenvalue weighted by atomic mass is 32.2. The SMILES string of the molecule is CS(=O)(=O)C1CCCC(NC2CCSCC2)C1. The zero-order valence-electron chi connectivity index (χ0n) is 10.5. The van der Waals surface area contributed by atoms with E-state index in [1.54, 1.807) is 0 Å². The van der Waals surface area contributed by atoms with Gasteiger partial charge in [-0.2, -0.15) is 11.8 Å². The molecule has 1 saturated heterocycles. The molecule has 5 heteroatoms. The molecule has 1 aliphatic heterocycles. The van der Waals surface area contributed by atoms with Gasteiger partial charge in [0.15, 0.2) is 0 Å². The summed E-state index contributed by atoms with van der Waals surface area (Å²) >= 11 is 2.03. The van der Waals surface area contributed by atoms with E-state index >= 15 is 0 Å². The molecule has 2 unspecified atom stereocenters. The van der Waals surface area contributed by atoms with Crippen LogP contribution in [0.3, 0.4) is 0 Å². The summed E-state index contributed by atoms with van der Waals surface area (Å²) in [6, 6.07) is 1.05. The summed E-state index contributed by atoms with van der Waals surface area (Å²) in [5.41, 5.74) is 0. The standard InChI is InChI=1S/C12H23NO2S2/c1-17(14,15)12-4-2-3-11(9-12)13-10-5-7-16-8-6-10/h10-13H,2-9H2,1H3. The molecule has 0 aromatic rings. The fourth-order valence-corrected chi connectivity index (χ4v) is 5.17. The van der Waals surface area contributed by atoms with Gasteiger partial charge in [-0.25, -0.2) is 8.42 Å². The molecule has 17 heavy (non-hydrogen) atoms. The van der Waals surface area contributed by atoms with Gasteiger partial charge in [0, 0.05) is 18.3 Å². The van der Waals surface area contributed by atoms with Crippen LogP contribution in [0.1, 0.15) is 38.5 Å². The summed E-state index contributed by atoms with van der Waals surface area (Å²) in [6.07, 6.45) is 7.75. The van der Waals surface area contributed by atoms with Crippen LogP contribution >= 0.6 is 11.8 Å². The van der Waals surface area contributed by atoms with E-state index in [4.69, 9.17) is 0 Å². The van der Waals surface area contributed by atoms with E-state index in [-0.39, 0.29) is 5.25 Å². The van der Waals surface area contributed by atoms with Gasteiger partial charge in [0.05, 0.1) is 5.25 Å². The topological polar surface area (TPSA) is 46.2 Å². The van der Waals surface area contributed by atoms with Gasteiger partial charge in [-0.1, -0.05) is 6.42 Å². The van der Waals surface area contributed by atoms with Crippen LogP contribution in [-0.2, 0) is 9.84 Å². The van der Waals surface area contributed by atoms with Gasteiger partial charge < -0.3 is 5.32 Å². The van der Waals surface area contributed by atoms with Crippen molar-refractivity contribution in [2.24, 2.45) is 0 Å². The van der Waals surface area contributed by atoms with E-state index in [1.807, 2.05) is 11.8 Å². The summed E-state index contributed by atoms with van der Waals surface area (Å²) in [7, 11) is -2.84. The minimum absolute atomic E-state index is 0.105. The second-order valence-corrected chi connectivity index (χ2v) is 8.92. The zero-order chi connectivity index (χ0) is 12.3. The highest BCUT2D eigenvalue weighted by molar-refractivity contribution is 7.99. The molecule has 0 spiro atoms. The molecule has 100 valence electrons. The lowest BCUT2D eigenvalue weighted by molar-refractivity contribution is 0.326. The summed E-state index contributed by atoms with van der Waals surface area (Å²) in [5, 5.41) is 3.58. The van der Waals surface area contributed by atoms with Crippen LogP contribution in [0.15, 0.2) is 0 Å². The molecule has 1 saturated carbocycles. The third-order valence-corrected chi connectivity index (χ3v) is 6.61. The van der Waals surface area contributed by atoms with Crippen LogP contribution in [0, 0.1) is 0 Å². The molecule has 0 aromatic heterocycles. The van der Waals surface area contributed by atoms with E-state index in [2.05, 4.69) is 5.32 Å². The Morgan fingerprint density at radius 3 is 2.41 bits per heavy atom. The zero-order valence-corrected chi connectivity index (χ0v) is 12.2. The summed E-state index contributed by atoms with van der Waals surface area (Å²) in [4.78, 5) is 0.